The fourth-order valence-corrected chi connectivity index (χ4v) is 3.34. The molecule has 0 saturated carbocycles. The molecule has 2 aromatic rings. The Labute approximate surface area is 146 Å². The predicted molar refractivity (Wildman–Crippen MR) is 103 cm³/mol. The standard InChI is InChI=1S/C21H29N3/c1-3-4-5-6-19-15-20(16-23-17(19)2)18-7-9-21(10-8-18)24-13-11-22-12-14-24/h7-10,15-16,22H,3-6,11-14H2,1-2H3. The van der Waals surface area contributed by atoms with Gasteiger partial charge in [0.2, 0.25) is 0 Å². The van der Waals surface area contributed by atoms with Crippen LogP contribution >= 0.6 is 0 Å². The fourth-order valence-electron chi connectivity index (χ4n) is 3.34. The van der Waals surface area contributed by atoms with Crippen molar-refractivity contribution in [2.24, 2.45) is 0 Å². The van der Waals surface area contributed by atoms with E-state index in [9.17, 15) is 0 Å². The summed E-state index contributed by atoms with van der Waals surface area (Å²) in [7, 11) is 0. The highest BCUT2D eigenvalue weighted by molar-refractivity contribution is 5.66. The number of pyridine rings is 1. The Bertz CT molecular complexity index is 643. The van der Waals surface area contributed by atoms with Crippen LogP contribution in [0.1, 0.15) is 37.4 Å². The van der Waals surface area contributed by atoms with Crippen LogP contribution < -0.4 is 10.2 Å². The van der Waals surface area contributed by atoms with Crippen molar-refractivity contribution >= 4 is 5.69 Å². The summed E-state index contributed by atoms with van der Waals surface area (Å²) in [6.07, 6.45) is 6.96. The summed E-state index contributed by atoms with van der Waals surface area (Å²) in [5.41, 5.74) is 6.39. The molecular formula is C21H29N3. The Morgan fingerprint density at radius 2 is 1.79 bits per heavy atom. The zero-order chi connectivity index (χ0) is 16.8. The molecule has 1 aromatic carbocycles. The number of aromatic nitrogens is 1. The lowest BCUT2D eigenvalue weighted by atomic mass is 10.0. The van der Waals surface area contributed by atoms with E-state index in [2.05, 4.69) is 59.4 Å². The second kappa shape index (κ2) is 8.29. The van der Waals surface area contributed by atoms with Crippen molar-refractivity contribution in [1.29, 1.82) is 0 Å². The number of nitrogens with zero attached hydrogens (tertiary/aromatic N) is 2. The third-order valence-corrected chi connectivity index (χ3v) is 4.92. The number of piperazine rings is 1. The van der Waals surface area contributed by atoms with Gasteiger partial charge < -0.3 is 10.2 Å². The molecule has 1 saturated heterocycles. The minimum atomic E-state index is 1.07. The molecule has 1 aliphatic rings. The first-order valence-corrected chi connectivity index (χ1v) is 9.29. The quantitative estimate of drug-likeness (QED) is 0.808. The molecule has 1 aromatic heterocycles. The summed E-state index contributed by atoms with van der Waals surface area (Å²) < 4.78 is 0. The average Bonchev–Trinajstić information content (AvgIpc) is 2.64. The highest BCUT2D eigenvalue weighted by atomic mass is 15.2. The lowest BCUT2D eigenvalue weighted by Crippen LogP contribution is -2.43. The normalized spacial score (nSPS) is 14.8. The van der Waals surface area contributed by atoms with Crippen LogP contribution in [0.5, 0.6) is 0 Å². The van der Waals surface area contributed by atoms with Crippen LogP contribution in [-0.2, 0) is 6.42 Å². The van der Waals surface area contributed by atoms with E-state index in [0.717, 1.165) is 32.6 Å². The van der Waals surface area contributed by atoms with Crippen LogP contribution in [0.4, 0.5) is 5.69 Å². The van der Waals surface area contributed by atoms with E-state index in [0.29, 0.717) is 0 Å². The number of unbranched alkanes of at least 4 members (excludes halogenated alkanes) is 2. The second-order valence-corrected chi connectivity index (χ2v) is 6.71. The summed E-state index contributed by atoms with van der Waals surface area (Å²) in [5.74, 6) is 0. The van der Waals surface area contributed by atoms with Crippen LogP contribution in [0, 0.1) is 6.92 Å². The first-order chi connectivity index (χ1) is 11.8. The molecule has 1 N–H and O–H groups in total. The van der Waals surface area contributed by atoms with Crippen LogP contribution in [0.3, 0.4) is 0 Å². The molecule has 2 heterocycles. The molecule has 3 nitrogen and oxygen atoms in total. The van der Waals surface area contributed by atoms with Crippen molar-refractivity contribution in [3.63, 3.8) is 0 Å². The monoisotopic (exact) mass is 323 g/mol. The van der Waals surface area contributed by atoms with Gasteiger partial charge in [-0.1, -0.05) is 31.9 Å². The fraction of sp³-hybridized carbons (Fsp3) is 0.476. The van der Waals surface area contributed by atoms with Gasteiger partial charge in [0.15, 0.2) is 0 Å². The van der Waals surface area contributed by atoms with Crippen molar-refractivity contribution in [3.8, 4) is 11.1 Å². The Balaban J connectivity index is 1.74. The topological polar surface area (TPSA) is 28.2 Å². The summed E-state index contributed by atoms with van der Waals surface area (Å²) in [4.78, 5) is 7.08. The molecule has 0 amide bonds. The van der Waals surface area contributed by atoms with E-state index >= 15 is 0 Å². The SMILES string of the molecule is CCCCCc1cc(-c2ccc(N3CCNCC3)cc2)cnc1C. The zero-order valence-corrected chi connectivity index (χ0v) is 15.0. The number of nitrogens with one attached hydrogen (secondary N) is 1. The van der Waals surface area contributed by atoms with Crippen molar-refractivity contribution in [3.05, 3.63) is 47.8 Å². The van der Waals surface area contributed by atoms with Gasteiger partial charge >= 0.3 is 0 Å². The van der Waals surface area contributed by atoms with Crippen molar-refractivity contribution < 1.29 is 0 Å². The van der Waals surface area contributed by atoms with E-state index in [1.165, 1.54) is 47.3 Å². The first-order valence-electron chi connectivity index (χ1n) is 9.29. The number of hydrogen-bond acceptors (Lipinski definition) is 3. The largest absolute Gasteiger partial charge is 0.369 e. The van der Waals surface area contributed by atoms with E-state index < -0.39 is 0 Å². The summed E-state index contributed by atoms with van der Waals surface area (Å²) in [6, 6.07) is 11.3. The maximum Gasteiger partial charge on any atom is 0.0405 e. The molecule has 0 spiro atoms. The van der Waals surface area contributed by atoms with Gasteiger partial charge in [0.05, 0.1) is 0 Å². The van der Waals surface area contributed by atoms with Gasteiger partial charge in [0.1, 0.15) is 0 Å². The maximum absolute atomic E-state index is 4.63. The summed E-state index contributed by atoms with van der Waals surface area (Å²) >= 11 is 0. The molecule has 1 aliphatic heterocycles. The molecule has 128 valence electrons. The lowest BCUT2D eigenvalue weighted by molar-refractivity contribution is 0.589. The molecule has 0 unspecified atom stereocenters. The van der Waals surface area contributed by atoms with Crippen molar-refractivity contribution in [1.82, 2.24) is 10.3 Å². The van der Waals surface area contributed by atoms with Crippen molar-refractivity contribution in [2.45, 2.75) is 39.5 Å². The summed E-state index contributed by atoms with van der Waals surface area (Å²) in [6.45, 7) is 8.70. The number of aryl methyl sites for hydroxylation is 2. The van der Waals surface area contributed by atoms with Gasteiger partial charge in [0, 0.05) is 49.3 Å². The van der Waals surface area contributed by atoms with E-state index in [1.54, 1.807) is 0 Å². The average molecular weight is 323 g/mol. The van der Waals surface area contributed by atoms with Gasteiger partial charge in [-0.2, -0.15) is 0 Å². The highest BCUT2D eigenvalue weighted by Gasteiger charge is 2.10. The Kier molecular flexibility index (Phi) is 5.86. The van der Waals surface area contributed by atoms with Gasteiger partial charge in [0.25, 0.3) is 0 Å². The number of hydrogen-bond donors (Lipinski definition) is 1. The van der Waals surface area contributed by atoms with Gasteiger partial charge in [-0.25, -0.2) is 0 Å². The maximum atomic E-state index is 4.63. The molecule has 3 heteroatoms. The minimum Gasteiger partial charge on any atom is -0.369 e. The van der Waals surface area contributed by atoms with Crippen LogP contribution in [0.25, 0.3) is 11.1 Å². The Morgan fingerprint density at radius 3 is 2.50 bits per heavy atom. The molecular weight excluding hydrogens is 294 g/mol. The molecule has 3 rings (SSSR count). The zero-order valence-electron chi connectivity index (χ0n) is 15.0. The van der Waals surface area contributed by atoms with Gasteiger partial charge in [-0.3, -0.25) is 4.98 Å². The molecule has 0 radical (unpaired) electrons. The Hall–Kier alpha value is -1.87. The van der Waals surface area contributed by atoms with Crippen LogP contribution in [-0.4, -0.2) is 31.2 Å². The molecule has 0 aliphatic carbocycles. The third-order valence-electron chi connectivity index (χ3n) is 4.92. The smallest absolute Gasteiger partial charge is 0.0405 e. The molecule has 24 heavy (non-hydrogen) atoms. The molecule has 1 fully saturated rings. The van der Waals surface area contributed by atoms with Gasteiger partial charge in [-0.15, -0.1) is 0 Å². The Morgan fingerprint density at radius 1 is 1.04 bits per heavy atom. The van der Waals surface area contributed by atoms with Crippen LogP contribution in [0.2, 0.25) is 0 Å². The molecule has 0 bridgehead atoms. The first kappa shape index (κ1) is 17.0. The predicted octanol–water partition coefficient (Wildman–Crippen LogP) is 4.20. The van der Waals surface area contributed by atoms with Crippen LogP contribution in [0.15, 0.2) is 36.5 Å². The number of rotatable bonds is 6. The summed E-state index contributed by atoms with van der Waals surface area (Å²) in [5, 5.41) is 3.40. The number of benzene rings is 1. The lowest BCUT2D eigenvalue weighted by Gasteiger charge is -2.29. The molecule has 0 atom stereocenters. The van der Waals surface area contributed by atoms with E-state index in [1.807, 2.05) is 6.20 Å². The third kappa shape index (κ3) is 4.15. The minimum absolute atomic E-state index is 1.07. The van der Waals surface area contributed by atoms with Gasteiger partial charge in [-0.05, 0) is 49.1 Å². The van der Waals surface area contributed by atoms with E-state index in [4.69, 9.17) is 0 Å². The second-order valence-electron chi connectivity index (χ2n) is 6.71. The van der Waals surface area contributed by atoms with E-state index in [-0.39, 0.29) is 0 Å². The van der Waals surface area contributed by atoms with Crippen molar-refractivity contribution in [2.75, 3.05) is 31.1 Å². The number of anilines is 1. The highest BCUT2D eigenvalue weighted by Crippen LogP contribution is 2.25.